The molecule has 0 unspecified atom stereocenters. The summed E-state index contributed by atoms with van der Waals surface area (Å²) in [6.45, 7) is 4.12. The van der Waals surface area contributed by atoms with Gasteiger partial charge in [-0.15, -0.1) is 0 Å². The van der Waals surface area contributed by atoms with Crippen LogP contribution in [0.1, 0.15) is 18.1 Å². The molecule has 1 aliphatic rings. The van der Waals surface area contributed by atoms with Crippen molar-refractivity contribution in [3.05, 3.63) is 58.5 Å². The molecule has 0 bridgehead atoms. The van der Waals surface area contributed by atoms with Gasteiger partial charge in [-0.2, -0.15) is 0 Å². The molecule has 1 heterocycles. The van der Waals surface area contributed by atoms with Gasteiger partial charge in [-0.1, -0.05) is 47.7 Å². The van der Waals surface area contributed by atoms with Crippen molar-refractivity contribution in [2.75, 3.05) is 18.5 Å². The van der Waals surface area contributed by atoms with Crippen LogP contribution >= 0.6 is 24.0 Å². The van der Waals surface area contributed by atoms with E-state index in [4.69, 9.17) is 21.7 Å². The van der Waals surface area contributed by atoms with Crippen LogP contribution in [0.15, 0.2) is 47.4 Å². The van der Waals surface area contributed by atoms with Gasteiger partial charge in [-0.25, -0.2) is 0 Å². The Kier molecular flexibility index (Phi) is 6.90. The molecule has 0 atom stereocenters. The quantitative estimate of drug-likeness (QED) is 0.515. The van der Waals surface area contributed by atoms with Crippen molar-refractivity contribution in [3.8, 4) is 11.5 Å². The number of anilines is 1. The molecule has 2 aromatic rings. The highest BCUT2D eigenvalue weighted by Gasteiger charge is 2.22. The van der Waals surface area contributed by atoms with Crippen LogP contribution in [0.3, 0.4) is 0 Å². The number of thioether (sulfide) groups is 1. The monoisotopic (exact) mass is 428 g/mol. The molecule has 2 N–H and O–H groups in total. The second-order valence-electron chi connectivity index (χ2n) is 6.19. The predicted molar refractivity (Wildman–Crippen MR) is 119 cm³/mol. The lowest BCUT2D eigenvalue weighted by Gasteiger charge is -2.13. The molecule has 2 aromatic carbocycles. The van der Waals surface area contributed by atoms with Crippen molar-refractivity contribution >= 4 is 51.9 Å². The lowest BCUT2D eigenvalue weighted by molar-refractivity contribution is -0.118. The van der Waals surface area contributed by atoms with Crippen molar-refractivity contribution in [3.63, 3.8) is 0 Å². The van der Waals surface area contributed by atoms with Gasteiger partial charge in [-0.05, 0) is 49.8 Å². The van der Waals surface area contributed by atoms with Crippen LogP contribution in [0.25, 0.3) is 6.08 Å². The molecule has 1 aliphatic heterocycles. The molecule has 1 fully saturated rings. The van der Waals surface area contributed by atoms with E-state index in [1.54, 1.807) is 24.3 Å². The average Bonchev–Trinajstić information content (AvgIpc) is 3.00. The minimum atomic E-state index is -0.268. The summed E-state index contributed by atoms with van der Waals surface area (Å²) in [5, 5.41) is 5.37. The summed E-state index contributed by atoms with van der Waals surface area (Å²) in [5.74, 6) is 0.462. The number of carbonyl (C=O) groups is 2. The maximum atomic E-state index is 12.2. The van der Waals surface area contributed by atoms with E-state index >= 15 is 0 Å². The Morgan fingerprint density at radius 1 is 1.17 bits per heavy atom. The van der Waals surface area contributed by atoms with Gasteiger partial charge in [0, 0.05) is 5.69 Å². The highest BCUT2D eigenvalue weighted by molar-refractivity contribution is 8.26. The first-order valence-corrected chi connectivity index (χ1v) is 10.2. The Hall–Kier alpha value is -2.84. The molecular weight excluding hydrogens is 408 g/mol. The molecule has 0 saturated carbocycles. The number of rotatable bonds is 7. The minimum Gasteiger partial charge on any atom is -0.490 e. The van der Waals surface area contributed by atoms with Gasteiger partial charge in [0.05, 0.1) is 11.5 Å². The zero-order chi connectivity index (χ0) is 20.8. The summed E-state index contributed by atoms with van der Waals surface area (Å²) in [6.07, 6.45) is 1.73. The number of carbonyl (C=O) groups excluding carboxylic acids is 2. The Morgan fingerprint density at radius 2 is 1.93 bits per heavy atom. The molecule has 0 radical (unpaired) electrons. The second kappa shape index (κ2) is 9.58. The molecule has 0 aromatic heterocycles. The van der Waals surface area contributed by atoms with Crippen LogP contribution in [0.5, 0.6) is 11.5 Å². The lowest BCUT2D eigenvalue weighted by Crippen LogP contribution is -2.20. The van der Waals surface area contributed by atoms with Crippen molar-refractivity contribution in [2.24, 2.45) is 0 Å². The number of thiocarbonyl (C=S) groups is 1. The number of hydrogen-bond acceptors (Lipinski definition) is 6. The van der Waals surface area contributed by atoms with E-state index in [1.807, 2.05) is 38.1 Å². The van der Waals surface area contributed by atoms with Gasteiger partial charge in [0.15, 0.2) is 18.1 Å². The fourth-order valence-electron chi connectivity index (χ4n) is 2.55. The van der Waals surface area contributed by atoms with Crippen LogP contribution in [0, 0.1) is 6.92 Å². The average molecular weight is 429 g/mol. The van der Waals surface area contributed by atoms with Crippen molar-refractivity contribution in [1.82, 2.24) is 5.32 Å². The maximum Gasteiger partial charge on any atom is 0.263 e. The number of benzene rings is 2. The number of ether oxygens (including phenoxy) is 2. The Bertz CT molecular complexity index is 971. The molecule has 0 spiro atoms. The van der Waals surface area contributed by atoms with Gasteiger partial charge < -0.3 is 20.1 Å². The van der Waals surface area contributed by atoms with E-state index in [1.165, 1.54) is 11.8 Å². The first-order chi connectivity index (χ1) is 13.9. The summed E-state index contributed by atoms with van der Waals surface area (Å²) in [4.78, 5) is 24.5. The number of aryl methyl sites for hydroxylation is 1. The largest absolute Gasteiger partial charge is 0.490 e. The molecule has 6 nitrogen and oxygen atoms in total. The van der Waals surface area contributed by atoms with Crippen molar-refractivity contribution in [1.29, 1.82) is 0 Å². The predicted octanol–water partition coefficient (Wildman–Crippen LogP) is 3.90. The molecule has 29 heavy (non-hydrogen) atoms. The molecule has 2 amide bonds. The minimum absolute atomic E-state index is 0.152. The zero-order valence-corrected chi connectivity index (χ0v) is 17.6. The third-order valence-corrected chi connectivity index (χ3v) is 5.06. The standard InChI is InChI=1S/C21H20N2O4S2/c1-3-26-17-10-14(11-18-20(25)23-21(28)29-18)6-9-16(17)27-12-19(24)22-15-7-4-13(2)5-8-15/h4-11H,3,12H2,1-2H3,(H,22,24)(H,23,25,28)/b18-11-. The highest BCUT2D eigenvalue weighted by Crippen LogP contribution is 2.32. The van der Waals surface area contributed by atoms with Gasteiger partial charge in [0.2, 0.25) is 0 Å². The fraction of sp³-hybridized carbons (Fsp3) is 0.190. The highest BCUT2D eigenvalue weighted by atomic mass is 32.2. The molecule has 8 heteroatoms. The Balaban J connectivity index is 1.67. The van der Waals surface area contributed by atoms with E-state index in [0.717, 1.165) is 11.1 Å². The van der Waals surface area contributed by atoms with Gasteiger partial charge in [0.25, 0.3) is 11.8 Å². The van der Waals surface area contributed by atoms with Crippen molar-refractivity contribution in [2.45, 2.75) is 13.8 Å². The summed E-state index contributed by atoms with van der Waals surface area (Å²) < 4.78 is 11.7. The van der Waals surface area contributed by atoms with Gasteiger partial charge in [-0.3, -0.25) is 9.59 Å². The van der Waals surface area contributed by atoms with E-state index in [9.17, 15) is 9.59 Å². The van der Waals surface area contributed by atoms with Crippen molar-refractivity contribution < 1.29 is 19.1 Å². The molecule has 3 rings (SSSR count). The van der Waals surface area contributed by atoms with Crippen LogP contribution in [-0.2, 0) is 9.59 Å². The number of hydrogen-bond donors (Lipinski definition) is 2. The fourth-order valence-corrected chi connectivity index (χ4v) is 3.60. The van der Waals surface area contributed by atoms with Crippen LogP contribution in [-0.4, -0.2) is 29.3 Å². The SMILES string of the molecule is CCOc1cc(/C=C2\SC(=S)NC2=O)ccc1OCC(=O)Nc1ccc(C)cc1. The summed E-state index contributed by atoms with van der Waals surface area (Å²) >= 11 is 6.21. The smallest absolute Gasteiger partial charge is 0.263 e. The normalized spacial score (nSPS) is 14.6. The molecule has 150 valence electrons. The van der Waals surface area contributed by atoms with E-state index in [2.05, 4.69) is 10.6 Å². The van der Waals surface area contributed by atoms with E-state index < -0.39 is 0 Å². The second-order valence-corrected chi connectivity index (χ2v) is 7.91. The molecular formula is C21H20N2O4S2. The third-order valence-electron chi connectivity index (χ3n) is 3.90. The first-order valence-electron chi connectivity index (χ1n) is 8.95. The van der Waals surface area contributed by atoms with Crippen LogP contribution in [0.2, 0.25) is 0 Å². The Morgan fingerprint density at radius 3 is 2.59 bits per heavy atom. The topological polar surface area (TPSA) is 76.7 Å². The molecule has 0 aliphatic carbocycles. The third kappa shape index (κ3) is 5.82. The first kappa shape index (κ1) is 20.9. The number of nitrogens with one attached hydrogen (secondary N) is 2. The summed E-state index contributed by atoms with van der Waals surface area (Å²) in [7, 11) is 0. The van der Waals surface area contributed by atoms with Crippen LogP contribution in [0.4, 0.5) is 5.69 Å². The van der Waals surface area contributed by atoms with E-state index in [0.29, 0.717) is 33.0 Å². The summed E-state index contributed by atoms with van der Waals surface area (Å²) in [5.41, 5.74) is 2.60. The van der Waals surface area contributed by atoms with Gasteiger partial charge >= 0.3 is 0 Å². The number of amides is 2. The van der Waals surface area contributed by atoms with E-state index in [-0.39, 0.29) is 18.4 Å². The zero-order valence-electron chi connectivity index (χ0n) is 16.0. The van der Waals surface area contributed by atoms with Gasteiger partial charge in [0.1, 0.15) is 4.32 Å². The summed E-state index contributed by atoms with van der Waals surface area (Å²) in [6, 6.07) is 12.8. The Labute approximate surface area is 178 Å². The lowest BCUT2D eigenvalue weighted by atomic mass is 10.2. The van der Waals surface area contributed by atoms with Crippen LogP contribution < -0.4 is 20.1 Å². The molecule has 1 saturated heterocycles. The maximum absolute atomic E-state index is 12.2.